The highest BCUT2D eigenvalue weighted by Gasteiger charge is 2.27. The third kappa shape index (κ3) is 3.93. The van der Waals surface area contributed by atoms with Crippen LogP contribution in [0, 0.1) is 0 Å². The molecule has 1 aliphatic heterocycles. The first kappa shape index (κ1) is 17.7. The van der Waals surface area contributed by atoms with Gasteiger partial charge in [-0.1, -0.05) is 18.2 Å². The maximum Gasteiger partial charge on any atom is 0.150 e. The van der Waals surface area contributed by atoms with Gasteiger partial charge in [0.15, 0.2) is 0 Å². The van der Waals surface area contributed by atoms with Gasteiger partial charge in [0.1, 0.15) is 11.6 Å². The summed E-state index contributed by atoms with van der Waals surface area (Å²) in [5.41, 5.74) is 3.34. The minimum absolute atomic E-state index is 0.276. The van der Waals surface area contributed by atoms with Crippen molar-refractivity contribution < 1.29 is 0 Å². The summed E-state index contributed by atoms with van der Waals surface area (Å²) in [6.45, 7) is 1.96. The van der Waals surface area contributed by atoms with Gasteiger partial charge in [-0.15, -0.1) is 0 Å². The summed E-state index contributed by atoms with van der Waals surface area (Å²) in [7, 11) is 0. The van der Waals surface area contributed by atoms with Gasteiger partial charge in [0, 0.05) is 24.3 Å². The van der Waals surface area contributed by atoms with Crippen molar-refractivity contribution in [2.75, 3.05) is 11.9 Å². The van der Waals surface area contributed by atoms with E-state index in [1.165, 1.54) is 17.4 Å². The van der Waals surface area contributed by atoms with Gasteiger partial charge in [0.2, 0.25) is 0 Å². The number of benzene rings is 1. The largest absolute Gasteiger partial charge is 0.324 e. The smallest absolute Gasteiger partial charge is 0.150 e. The average molecular weight is 382 g/mol. The fraction of sp³-hybridized carbons (Fsp3) is 0.217. The first-order valence-electron chi connectivity index (χ1n) is 9.93. The standard InChI is InChI=1S/C23H22N6/c1-2-10-26-22(7-1)28-23-15-24-14-20(27-23)21-6-4-12-29(21)16-17-8-9-19-18(13-17)5-3-11-25-19/h1-3,5,7-11,13-15,21H,4,6,12,16H2,(H,26,27,28)/t21-/m0/s1. The molecule has 4 aromatic rings. The van der Waals surface area contributed by atoms with Crippen LogP contribution >= 0.6 is 0 Å². The average Bonchev–Trinajstić information content (AvgIpc) is 3.23. The summed E-state index contributed by atoms with van der Waals surface area (Å²) in [5, 5.41) is 4.42. The van der Waals surface area contributed by atoms with Crippen LogP contribution in [0.1, 0.15) is 30.1 Å². The lowest BCUT2D eigenvalue weighted by molar-refractivity contribution is 0.244. The Morgan fingerprint density at radius 2 is 1.93 bits per heavy atom. The number of fused-ring (bicyclic) bond motifs is 1. The molecule has 144 valence electrons. The van der Waals surface area contributed by atoms with E-state index in [9.17, 15) is 0 Å². The molecule has 3 aromatic heterocycles. The number of rotatable bonds is 5. The Balaban J connectivity index is 1.35. The summed E-state index contributed by atoms with van der Waals surface area (Å²) in [6.07, 6.45) is 9.49. The quantitative estimate of drug-likeness (QED) is 0.548. The van der Waals surface area contributed by atoms with Gasteiger partial charge in [-0.25, -0.2) is 9.97 Å². The van der Waals surface area contributed by atoms with Crippen LogP contribution in [0.3, 0.4) is 0 Å². The molecule has 4 heterocycles. The number of hydrogen-bond acceptors (Lipinski definition) is 6. The van der Waals surface area contributed by atoms with E-state index in [0.717, 1.165) is 42.4 Å². The summed E-state index contributed by atoms with van der Waals surface area (Å²) in [4.78, 5) is 20.5. The van der Waals surface area contributed by atoms with Crippen molar-refractivity contribution in [1.82, 2.24) is 24.8 Å². The maximum atomic E-state index is 4.83. The Bertz CT molecular complexity index is 1110. The van der Waals surface area contributed by atoms with Crippen molar-refractivity contribution in [2.24, 2.45) is 0 Å². The van der Waals surface area contributed by atoms with E-state index in [-0.39, 0.29) is 6.04 Å². The highest BCUT2D eigenvalue weighted by atomic mass is 15.2. The molecular formula is C23H22N6. The summed E-state index contributed by atoms with van der Waals surface area (Å²) in [6, 6.07) is 16.7. The van der Waals surface area contributed by atoms with Gasteiger partial charge in [0.05, 0.1) is 29.6 Å². The zero-order valence-corrected chi connectivity index (χ0v) is 16.1. The first-order valence-corrected chi connectivity index (χ1v) is 9.93. The van der Waals surface area contributed by atoms with Crippen molar-refractivity contribution >= 4 is 22.5 Å². The second kappa shape index (κ2) is 7.93. The lowest BCUT2D eigenvalue weighted by atomic mass is 10.1. The highest BCUT2D eigenvalue weighted by molar-refractivity contribution is 5.78. The Kier molecular flexibility index (Phi) is 4.84. The van der Waals surface area contributed by atoms with E-state index >= 15 is 0 Å². The molecule has 0 bridgehead atoms. The molecule has 5 rings (SSSR count). The molecule has 1 aromatic carbocycles. The zero-order chi connectivity index (χ0) is 19.5. The third-order valence-electron chi connectivity index (χ3n) is 5.33. The lowest BCUT2D eigenvalue weighted by Crippen LogP contribution is -2.23. The fourth-order valence-electron chi connectivity index (χ4n) is 3.98. The number of anilines is 2. The highest BCUT2D eigenvalue weighted by Crippen LogP contribution is 2.32. The number of likely N-dealkylation sites (tertiary alicyclic amines) is 1. The Morgan fingerprint density at radius 1 is 0.966 bits per heavy atom. The Morgan fingerprint density at radius 3 is 2.86 bits per heavy atom. The fourth-order valence-corrected chi connectivity index (χ4v) is 3.98. The predicted molar refractivity (Wildman–Crippen MR) is 114 cm³/mol. The van der Waals surface area contributed by atoms with Gasteiger partial charge < -0.3 is 5.32 Å². The van der Waals surface area contributed by atoms with Crippen LogP contribution < -0.4 is 5.32 Å². The van der Waals surface area contributed by atoms with Crippen LogP contribution in [0.15, 0.2) is 73.3 Å². The summed E-state index contributed by atoms with van der Waals surface area (Å²) in [5.74, 6) is 1.50. The number of nitrogens with one attached hydrogen (secondary N) is 1. The second-order valence-electron chi connectivity index (χ2n) is 7.33. The topological polar surface area (TPSA) is 66.8 Å². The van der Waals surface area contributed by atoms with Crippen molar-refractivity contribution in [3.05, 3.63) is 84.6 Å². The van der Waals surface area contributed by atoms with Crippen LogP contribution in [-0.2, 0) is 6.54 Å². The normalized spacial score (nSPS) is 16.9. The molecule has 1 N–H and O–H groups in total. The first-order chi connectivity index (χ1) is 14.3. The number of hydrogen-bond donors (Lipinski definition) is 1. The lowest BCUT2D eigenvalue weighted by Gasteiger charge is -2.24. The van der Waals surface area contributed by atoms with Crippen LogP contribution in [0.2, 0.25) is 0 Å². The second-order valence-corrected chi connectivity index (χ2v) is 7.33. The van der Waals surface area contributed by atoms with E-state index in [4.69, 9.17) is 4.98 Å². The monoisotopic (exact) mass is 382 g/mol. The predicted octanol–water partition coefficient (Wildman–Crippen LogP) is 4.50. The van der Waals surface area contributed by atoms with Crippen LogP contribution in [0.4, 0.5) is 11.6 Å². The van der Waals surface area contributed by atoms with Gasteiger partial charge >= 0.3 is 0 Å². The van der Waals surface area contributed by atoms with Crippen molar-refractivity contribution in [3.63, 3.8) is 0 Å². The van der Waals surface area contributed by atoms with Crippen molar-refractivity contribution in [3.8, 4) is 0 Å². The SMILES string of the molecule is c1ccc(Nc2cncc([C@@H]3CCCN3Cc3ccc4ncccc4c3)n2)nc1. The molecule has 1 fully saturated rings. The Hall–Kier alpha value is -3.38. The molecule has 29 heavy (non-hydrogen) atoms. The molecule has 1 saturated heterocycles. The maximum absolute atomic E-state index is 4.83. The van der Waals surface area contributed by atoms with Gasteiger partial charge in [0.25, 0.3) is 0 Å². The van der Waals surface area contributed by atoms with Crippen molar-refractivity contribution in [1.29, 1.82) is 0 Å². The molecule has 0 aliphatic carbocycles. The molecule has 0 spiro atoms. The molecule has 0 amide bonds. The summed E-state index contributed by atoms with van der Waals surface area (Å²) < 4.78 is 0. The van der Waals surface area contributed by atoms with E-state index in [1.807, 2.05) is 36.7 Å². The molecule has 1 atom stereocenters. The molecule has 0 saturated carbocycles. The number of aromatic nitrogens is 4. The van der Waals surface area contributed by atoms with E-state index in [1.54, 1.807) is 12.4 Å². The van der Waals surface area contributed by atoms with Crippen LogP contribution in [0.5, 0.6) is 0 Å². The third-order valence-corrected chi connectivity index (χ3v) is 5.33. The Labute approximate surface area is 169 Å². The van der Waals surface area contributed by atoms with Gasteiger partial charge in [-0.3, -0.25) is 14.9 Å². The molecule has 0 unspecified atom stereocenters. The summed E-state index contributed by atoms with van der Waals surface area (Å²) >= 11 is 0. The number of pyridine rings is 2. The van der Waals surface area contributed by atoms with Gasteiger partial charge in [-0.2, -0.15) is 0 Å². The molecule has 1 aliphatic rings. The van der Waals surface area contributed by atoms with E-state index < -0.39 is 0 Å². The zero-order valence-electron chi connectivity index (χ0n) is 16.1. The van der Waals surface area contributed by atoms with Crippen LogP contribution in [-0.4, -0.2) is 31.4 Å². The molecule has 6 nitrogen and oxygen atoms in total. The van der Waals surface area contributed by atoms with Crippen molar-refractivity contribution in [2.45, 2.75) is 25.4 Å². The minimum atomic E-state index is 0.276. The molecule has 6 heteroatoms. The molecule has 0 radical (unpaired) electrons. The van der Waals surface area contributed by atoms with Gasteiger partial charge in [-0.05, 0) is 55.3 Å². The molecular weight excluding hydrogens is 360 g/mol. The minimum Gasteiger partial charge on any atom is -0.324 e. The van der Waals surface area contributed by atoms with E-state index in [0.29, 0.717) is 0 Å². The number of nitrogens with zero attached hydrogens (tertiary/aromatic N) is 5. The van der Waals surface area contributed by atoms with E-state index in [2.05, 4.69) is 49.4 Å². The van der Waals surface area contributed by atoms with Crippen LogP contribution in [0.25, 0.3) is 10.9 Å².